The molecule has 0 aliphatic carbocycles. The van der Waals surface area contributed by atoms with Crippen molar-refractivity contribution in [2.45, 2.75) is 6.92 Å². The van der Waals surface area contributed by atoms with E-state index in [9.17, 15) is 9.18 Å². The Kier molecular flexibility index (Phi) is 2.33. The van der Waals surface area contributed by atoms with Crippen LogP contribution < -0.4 is 5.63 Å². The van der Waals surface area contributed by atoms with Crippen molar-refractivity contribution < 1.29 is 8.81 Å². The lowest BCUT2D eigenvalue weighted by molar-refractivity contribution is 0.458. The third-order valence-corrected chi connectivity index (χ3v) is 1.92. The van der Waals surface area contributed by atoms with E-state index in [0.29, 0.717) is 17.1 Å². The van der Waals surface area contributed by atoms with Crippen molar-refractivity contribution in [1.82, 2.24) is 4.98 Å². The molecule has 3 nitrogen and oxygen atoms in total. The first-order chi connectivity index (χ1) is 7.15. The van der Waals surface area contributed by atoms with Crippen LogP contribution in [0.15, 0.2) is 39.5 Å². The minimum Gasteiger partial charge on any atom is -0.409 e. The lowest BCUT2D eigenvalue weighted by atomic mass is 10.1. The molecule has 0 fully saturated rings. The Hall–Kier alpha value is -1.97. The molecule has 2 aromatic rings. The van der Waals surface area contributed by atoms with E-state index < -0.39 is 5.63 Å². The summed E-state index contributed by atoms with van der Waals surface area (Å²) in [4.78, 5) is 15.1. The first-order valence-corrected chi connectivity index (χ1v) is 4.40. The number of aryl methyl sites for hydroxylation is 1. The van der Waals surface area contributed by atoms with Crippen molar-refractivity contribution in [3.8, 4) is 11.3 Å². The van der Waals surface area contributed by atoms with Crippen LogP contribution >= 0.6 is 0 Å². The third-order valence-electron chi connectivity index (χ3n) is 1.92. The number of hydrogen-bond donors (Lipinski definition) is 0. The van der Waals surface area contributed by atoms with Crippen molar-refractivity contribution in [2.24, 2.45) is 0 Å². The number of nitrogens with zero attached hydrogens (tertiary/aromatic N) is 1. The van der Waals surface area contributed by atoms with Gasteiger partial charge in [0.2, 0.25) is 0 Å². The molecule has 15 heavy (non-hydrogen) atoms. The van der Waals surface area contributed by atoms with Crippen LogP contribution in [-0.2, 0) is 0 Å². The first kappa shape index (κ1) is 9.58. The van der Waals surface area contributed by atoms with Crippen LogP contribution in [0.1, 0.15) is 5.89 Å². The van der Waals surface area contributed by atoms with E-state index in [1.165, 1.54) is 18.2 Å². The van der Waals surface area contributed by atoms with Gasteiger partial charge in [-0.05, 0) is 24.3 Å². The fourth-order valence-corrected chi connectivity index (χ4v) is 1.28. The zero-order valence-corrected chi connectivity index (χ0v) is 8.03. The Balaban J connectivity index is 2.54. The molecular weight excluding hydrogens is 197 g/mol. The molecule has 0 aliphatic heterocycles. The Morgan fingerprint density at radius 3 is 2.53 bits per heavy atom. The van der Waals surface area contributed by atoms with Gasteiger partial charge in [0, 0.05) is 12.5 Å². The molecule has 0 radical (unpaired) electrons. The molecule has 1 aromatic heterocycles. The average molecular weight is 205 g/mol. The highest BCUT2D eigenvalue weighted by Gasteiger charge is 2.02. The van der Waals surface area contributed by atoms with Gasteiger partial charge in [0.15, 0.2) is 5.89 Å². The molecule has 0 saturated carbocycles. The van der Waals surface area contributed by atoms with Gasteiger partial charge in [0.05, 0.1) is 11.8 Å². The predicted molar refractivity (Wildman–Crippen MR) is 52.9 cm³/mol. The predicted octanol–water partition coefficient (Wildman–Crippen LogP) is 2.15. The molecule has 76 valence electrons. The fourth-order valence-electron chi connectivity index (χ4n) is 1.28. The van der Waals surface area contributed by atoms with E-state index in [0.717, 1.165) is 0 Å². The number of rotatable bonds is 1. The minimum absolute atomic E-state index is 0.293. The van der Waals surface area contributed by atoms with Crippen LogP contribution in [0, 0.1) is 12.7 Å². The summed E-state index contributed by atoms with van der Waals surface area (Å²) in [6.07, 6.45) is 0. The van der Waals surface area contributed by atoms with Crippen molar-refractivity contribution in [2.75, 3.05) is 0 Å². The summed E-state index contributed by atoms with van der Waals surface area (Å²) in [7, 11) is 0. The highest BCUT2D eigenvalue weighted by atomic mass is 19.1. The van der Waals surface area contributed by atoms with Crippen molar-refractivity contribution in [1.29, 1.82) is 0 Å². The van der Waals surface area contributed by atoms with Crippen molar-refractivity contribution >= 4 is 0 Å². The zero-order valence-electron chi connectivity index (χ0n) is 8.03. The monoisotopic (exact) mass is 205 g/mol. The molecule has 0 unspecified atom stereocenters. The Bertz CT molecular complexity index is 531. The maximum absolute atomic E-state index is 12.7. The van der Waals surface area contributed by atoms with Gasteiger partial charge in [-0.1, -0.05) is 0 Å². The largest absolute Gasteiger partial charge is 0.409 e. The van der Waals surface area contributed by atoms with Crippen molar-refractivity contribution in [3.05, 3.63) is 52.5 Å². The second kappa shape index (κ2) is 3.65. The lowest BCUT2D eigenvalue weighted by Crippen LogP contribution is -2.01. The van der Waals surface area contributed by atoms with Crippen LogP contribution in [0.3, 0.4) is 0 Å². The van der Waals surface area contributed by atoms with E-state index in [-0.39, 0.29) is 5.82 Å². The van der Waals surface area contributed by atoms with Gasteiger partial charge in [0.1, 0.15) is 5.82 Å². The molecule has 1 aromatic carbocycles. The summed E-state index contributed by atoms with van der Waals surface area (Å²) in [5.41, 5.74) is 0.720. The fraction of sp³-hybridized carbons (Fsp3) is 0.0909. The highest BCUT2D eigenvalue weighted by molar-refractivity contribution is 5.58. The summed E-state index contributed by atoms with van der Waals surface area (Å²) in [6, 6.07) is 7.05. The zero-order chi connectivity index (χ0) is 10.8. The second-order valence-electron chi connectivity index (χ2n) is 3.09. The molecule has 1 heterocycles. The summed E-state index contributed by atoms with van der Waals surface area (Å²) >= 11 is 0. The van der Waals surface area contributed by atoms with Gasteiger partial charge in [-0.3, -0.25) is 0 Å². The smallest absolute Gasteiger partial charge is 0.339 e. The molecular formula is C11H8FNO2. The summed E-state index contributed by atoms with van der Waals surface area (Å²) < 4.78 is 17.4. The van der Waals surface area contributed by atoms with E-state index >= 15 is 0 Å². The van der Waals surface area contributed by atoms with Crippen LogP contribution in [0.25, 0.3) is 11.3 Å². The Morgan fingerprint density at radius 1 is 1.27 bits per heavy atom. The van der Waals surface area contributed by atoms with Gasteiger partial charge in [-0.2, -0.15) is 0 Å². The maximum Gasteiger partial charge on any atom is 0.339 e. The van der Waals surface area contributed by atoms with Gasteiger partial charge in [-0.15, -0.1) is 0 Å². The Morgan fingerprint density at radius 2 is 1.93 bits per heavy atom. The molecule has 0 atom stereocenters. The standard InChI is InChI=1S/C11H8FNO2/c1-7-13-10(6-11(14)15-7)8-2-4-9(12)5-3-8/h2-6H,1H3. The molecule has 4 heteroatoms. The SMILES string of the molecule is Cc1nc(-c2ccc(F)cc2)cc(=O)o1. The topological polar surface area (TPSA) is 43.1 Å². The van der Waals surface area contributed by atoms with E-state index in [1.807, 2.05) is 0 Å². The van der Waals surface area contributed by atoms with Crippen LogP contribution in [0.5, 0.6) is 0 Å². The van der Waals surface area contributed by atoms with Gasteiger partial charge >= 0.3 is 5.63 Å². The average Bonchev–Trinajstić information content (AvgIpc) is 2.17. The van der Waals surface area contributed by atoms with Gasteiger partial charge in [0.25, 0.3) is 0 Å². The number of halogens is 1. The second-order valence-corrected chi connectivity index (χ2v) is 3.09. The molecule has 0 aliphatic rings. The minimum atomic E-state index is -0.457. The molecule has 0 bridgehead atoms. The van der Waals surface area contributed by atoms with Crippen LogP contribution in [0.4, 0.5) is 4.39 Å². The molecule has 0 amide bonds. The molecule has 0 N–H and O–H groups in total. The highest BCUT2D eigenvalue weighted by Crippen LogP contribution is 2.15. The maximum atomic E-state index is 12.7. The quantitative estimate of drug-likeness (QED) is 0.716. The van der Waals surface area contributed by atoms with Crippen LogP contribution in [0.2, 0.25) is 0 Å². The number of benzene rings is 1. The molecule has 0 spiro atoms. The number of aromatic nitrogens is 1. The number of hydrogen-bond acceptors (Lipinski definition) is 3. The van der Waals surface area contributed by atoms with E-state index in [4.69, 9.17) is 4.42 Å². The summed E-state index contributed by atoms with van der Waals surface area (Å²) in [5.74, 6) is -0.0275. The van der Waals surface area contributed by atoms with E-state index in [1.54, 1.807) is 19.1 Å². The van der Waals surface area contributed by atoms with Crippen molar-refractivity contribution in [3.63, 3.8) is 0 Å². The first-order valence-electron chi connectivity index (χ1n) is 4.40. The van der Waals surface area contributed by atoms with Crippen LogP contribution in [-0.4, -0.2) is 4.98 Å². The summed E-state index contributed by atoms with van der Waals surface area (Å²) in [5, 5.41) is 0. The van der Waals surface area contributed by atoms with Gasteiger partial charge in [-0.25, -0.2) is 14.2 Å². The molecule has 0 saturated heterocycles. The molecule has 2 rings (SSSR count). The lowest BCUT2D eigenvalue weighted by Gasteiger charge is -1.99. The Labute approximate surface area is 85.2 Å². The summed E-state index contributed by atoms with van der Waals surface area (Å²) in [6.45, 7) is 1.59. The van der Waals surface area contributed by atoms with Gasteiger partial charge < -0.3 is 4.42 Å². The normalized spacial score (nSPS) is 10.3. The third kappa shape index (κ3) is 2.10. The van der Waals surface area contributed by atoms with E-state index in [2.05, 4.69) is 4.98 Å².